The van der Waals surface area contributed by atoms with Crippen LogP contribution in [-0.2, 0) is 0 Å². The molecule has 1 aromatic heterocycles. The van der Waals surface area contributed by atoms with Gasteiger partial charge >= 0.3 is 0 Å². The van der Waals surface area contributed by atoms with E-state index < -0.39 is 0 Å². The number of nitrogens with one attached hydrogen (secondary N) is 1. The van der Waals surface area contributed by atoms with Gasteiger partial charge in [-0.25, -0.2) is 9.69 Å². The molecule has 1 aliphatic heterocycles. The molecule has 0 spiro atoms. The molecule has 5 rings (SSSR count). The number of amides is 1. The second-order valence-corrected chi connectivity index (χ2v) is 10.1. The number of carbonyl (C=O) groups excluding carboxylic acids is 1. The molecule has 1 N–H and O–H groups in total. The predicted octanol–water partition coefficient (Wildman–Crippen LogP) is 6.41. The zero-order chi connectivity index (χ0) is 23.1. The van der Waals surface area contributed by atoms with Crippen LogP contribution in [0.4, 0.5) is 0 Å². The fraction of sp³-hybridized carbons (Fsp3) is 0.385. The Labute approximate surface area is 204 Å². The van der Waals surface area contributed by atoms with Gasteiger partial charge in [-0.3, -0.25) is 10.2 Å². The fourth-order valence-corrected chi connectivity index (χ4v) is 5.24. The highest BCUT2D eigenvalue weighted by Gasteiger charge is 2.34. The first-order valence-corrected chi connectivity index (χ1v) is 12.4. The van der Waals surface area contributed by atoms with E-state index in [4.69, 9.17) is 28.3 Å². The number of rotatable bonds is 5. The Kier molecular flexibility index (Phi) is 6.21. The maximum Gasteiger partial charge on any atom is 0.286 e. The summed E-state index contributed by atoms with van der Waals surface area (Å²) in [5.74, 6) is 1.21. The molecule has 1 saturated carbocycles. The average Bonchev–Trinajstić information content (AvgIpc) is 3.44. The minimum atomic E-state index is -0.192. The minimum absolute atomic E-state index is 0.192. The Morgan fingerprint density at radius 2 is 1.76 bits per heavy atom. The largest absolute Gasteiger partial charge is 0.286 e. The third kappa shape index (κ3) is 4.54. The third-order valence-corrected chi connectivity index (χ3v) is 7.35. The van der Waals surface area contributed by atoms with Gasteiger partial charge in [-0.15, -0.1) is 0 Å². The first-order chi connectivity index (χ1) is 15.9. The first kappa shape index (κ1) is 22.5. The van der Waals surface area contributed by atoms with Gasteiger partial charge in [0, 0.05) is 29.2 Å². The SMILES string of the molecule is Cc1c(C(=O)NN2CCCCC2)nn(-c2ccc(Cl)cc2Cl)c1-c1ccc(C2CC2C)cc1. The monoisotopic (exact) mass is 482 g/mol. The second kappa shape index (κ2) is 9.13. The van der Waals surface area contributed by atoms with E-state index in [2.05, 4.69) is 36.6 Å². The molecule has 1 amide bonds. The summed E-state index contributed by atoms with van der Waals surface area (Å²) in [6.07, 6.45) is 4.63. The van der Waals surface area contributed by atoms with Crippen LogP contribution >= 0.6 is 23.2 Å². The maximum atomic E-state index is 13.2. The van der Waals surface area contributed by atoms with Crippen LogP contribution in [0.15, 0.2) is 42.5 Å². The summed E-state index contributed by atoms with van der Waals surface area (Å²) in [6, 6.07) is 14.0. The second-order valence-electron chi connectivity index (χ2n) is 9.26. The highest BCUT2D eigenvalue weighted by atomic mass is 35.5. The Morgan fingerprint density at radius 1 is 1.06 bits per heavy atom. The number of nitrogens with zero attached hydrogens (tertiary/aromatic N) is 3. The summed E-state index contributed by atoms with van der Waals surface area (Å²) in [6.45, 7) is 5.96. The standard InChI is InChI=1S/C26H28Cl2N4O/c1-16-14-21(16)18-6-8-19(9-7-18)25-17(2)24(26(33)30-31-12-4-3-5-13-31)29-32(25)23-11-10-20(27)15-22(23)28/h6-11,15-16,21H,3-5,12-14H2,1-2H3,(H,30,33). The quantitative estimate of drug-likeness (QED) is 0.456. The molecule has 33 heavy (non-hydrogen) atoms. The number of hydrogen-bond donors (Lipinski definition) is 1. The van der Waals surface area contributed by atoms with Crippen molar-refractivity contribution in [2.75, 3.05) is 13.1 Å². The van der Waals surface area contributed by atoms with Crippen LogP contribution in [0.5, 0.6) is 0 Å². The van der Waals surface area contributed by atoms with Gasteiger partial charge in [-0.05, 0) is 61.8 Å². The van der Waals surface area contributed by atoms with Gasteiger partial charge in [0.25, 0.3) is 5.91 Å². The lowest BCUT2D eigenvalue weighted by Gasteiger charge is -2.26. The molecule has 1 aliphatic carbocycles. The molecule has 3 aromatic rings. The minimum Gasteiger partial charge on any atom is -0.283 e. The third-order valence-electron chi connectivity index (χ3n) is 6.81. The Morgan fingerprint density at radius 3 is 2.39 bits per heavy atom. The van der Waals surface area contributed by atoms with Crippen LogP contribution in [-0.4, -0.2) is 33.8 Å². The number of benzene rings is 2. The molecule has 2 atom stereocenters. The number of aromatic nitrogens is 2. The molecule has 2 fully saturated rings. The summed E-state index contributed by atoms with van der Waals surface area (Å²) >= 11 is 12.7. The molecular formula is C26H28Cl2N4O. The molecule has 0 radical (unpaired) electrons. The average molecular weight is 483 g/mol. The lowest BCUT2D eigenvalue weighted by Crippen LogP contribution is -2.45. The van der Waals surface area contributed by atoms with E-state index in [1.165, 1.54) is 18.4 Å². The van der Waals surface area contributed by atoms with Crippen LogP contribution in [0.3, 0.4) is 0 Å². The number of piperidine rings is 1. The van der Waals surface area contributed by atoms with Crippen molar-refractivity contribution in [1.29, 1.82) is 0 Å². The summed E-state index contributed by atoms with van der Waals surface area (Å²) in [4.78, 5) is 13.2. The van der Waals surface area contributed by atoms with Gasteiger partial charge in [-0.1, -0.05) is 60.8 Å². The molecule has 2 heterocycles. The number of halogens is 2. The van der Waals surface area contributed by atoms with Crippen molar-refractivity contribution in [1.82, 2.24) is 20.2 Å². The van der Waals surface area contributed by atoms with Crippen molar-refractivity contribution in [3.63, 3.8) is 0 Å². The fourth-order valence-electron chi connectivity index (χ4n) is 4.75. The number of carbonyl (C=O) groups is 1. The zero-order valence-corrected chi connectivity index (χ0v) is 20.5. The van der Waals surface area contributed by atoms with Gasteiger partial charge in [0.1, 0.15) is 0 Å². The van der Waals surface area contributed by atoms with Crippen molar-refractivity contribution in [2.24, 2.45) is 5.92 Å². The summed E-state index contributed by atoms with van der Waals surface area (Å²) < 4.78 is 1.77. The highest BCUT2D eigenvalue weighted by molar-refractivity contribution is 6.35. The van der Waals surface area contributed by atoms with Crippen LogP contribution in [0.25, 0.3) is 16.9 Å². The van der Waals surface area contributed by atoms with Gasteiger partial charge in [0.05, 0.1) is 16.4 Å². The molecule has 7 heteroatoms. The molecule has 2 aliphatic rings. The normalized spacial score (nSPS) is 20.6. The van der Waals surface area contributed by atoms with E-state index >= 15 is 0 Å². The maximum absolute atomic E-state index is 13.2. The van der Waals surface area contributed by atoms with Crippen LogP contribution in [0.2, 0.25) is 10.0 Å². The van der Waals surface area contributed by atoms with Crippen LogP contribution in [0, 0.1) is 12.8 Å². The summed E-state index contributed by atoms with van der Waals surface area (Å²) in [5, 5.41) is 7.78. The van der Waals surface area contributed by atoms with E-state index in [1.807, 2.05) is 18.0 Å². The van der Waals surface area contributed by atoms with Crippen molar-refractivity contribution in [3.8, 4) is 16.9 Å². The smallest absolute Gasteiger partial charge is 0.283 e. The summed E-state index contributed by atoms with van der Waals surface area (Å²) in [7, 11) is 0. The first-order valence-electron chi connectivity index (χ1n) is 11.6. The van der Waals surface area contributed by atoms with Gasteiger partial charge in [0.15, 0.2) is 5.69 Å². The lowest BCUT2D eigenvalue weighted by molar-refractivity contribution is 0.0743. The molecule has 1 saturated heterocycles. The topological polar surface area (TPSA) is 50.2 Å². The number of hydrazine groups is 1. The van der Waals surface area contributed by atoms with Gasteiger partial charge in [0.2, 0.25) is 0 Å². The molecule has 5 nitrogen and oxygen atoms in total. The van der Waals surface area contributed by atoms with Crippen molar-refractivity contribution < 1.29 is 4.79 Å². The number of hydrogen-bond acceptors (Lipinski definition) is 3. The zero-order valence-electron chi connectivity index (χ0n) is 18.9. The molecular weight excluding hydrogens is 455 g/mol. The molecule has 0 bridgehead atoms. The lowest BCUT2D eigenvalue weighted by atomic mass is 10.0. The molecule has 172 valence electrons. The molecule has 2 unspecified atom stereocenters. The Bertz CT molecular complexity index is 1180. The Hall–Kier alpha value is -2.34. The van der Waals surface area contributed by atoms with Crippen molar-refractivity contribution in [3.05, 3.63) is 69.3 Å². The summed E-state index contributed by atoms with van der Waals surface area (Å²) in [5.41, 5.74) is 8.19. The van der Waals surface area contributed by atoms with Gasteiger partial charge in [-0.2, -0.15) is 5.10 Å². The highest BCUT2D eigenvalue weighted by Crippen LogP contribution is 2.47. The van der Waals surface area contributed by atoms with E-state index in [-0.39, 0.29) is 5.91 Å². The van der Waals surface area contributed by atoms with Crippen LogP contribution in [0.1, 0.15) is 60.1 Å². The van der Waals surface area contributed by atoms with Crippen LogP contribution < -0.4 is 5.43 Å². The van der Waals surface area contributed by atoms with Gasteiger partial charge < -0.3 is 0 Å². The van der Waals surface area contributed by atoms with E-state index in [0.29, 0.717) is 27.3 Å². The van der Waals surface area contributed by atoms with E-state index in [9.17, 15) is 4.79 Å². The predicted molar refractivity (Wildman–Crippen MR) is 133 cm³/mol. The van der Waals surface area contributed by atoms with Crippen molar-refractivity contribution >= 4 is 29.1 Å². The Balaban J connectivity index is 1.56. The molecule has 2 aromatic carbocycles. The van der Waals surface area contributed by atoms with Crippen molar-refractivity contribution in [2.45, 2.75) is 45.4 Å². The van der Waals surface area contributed by atoms with E-state index in [1.54, 1.807) is 16.8 Å². The van der Waals surface area contributed by atoms with E-state index in [0.717, 1.165) is 48.7 Å².